The molecule has 90 valence electrons. The van der Waals surface area contributed by atoms with Crippen LogP contribution in [0.2, 0.25) is 0 Å². The van der Waals surface area contributed by atoms with Crippen LogP contribution in [0.25, 0.3) is 0 Å². The van der Waals surface area contributed by atoms with E-state index in [-0.39, 0.29) is 4.47 Å². The Morgan fingerprint density at radius 2 is 1.81 bits per heavy atom. The Bertz CT molecular complexity index is 501. The van der Waals surface area contributed by atoms with Gasteiger partial charge >= 0.3 is 6.18 Å². The first-order valence-corrected chi connectivity index (χ1v) is 6.04. The van der Waals surface area contributed by atoms with Gasteiger partial charge in [-0.2, -0.15) is 18.0 Å². The summed E-state index contributed by atoms with van der Waals surface area (Å²) in [6.07, 6.45) is -4.62. The number of nitrogens with two attached hydrogens (primary N) is 1. The van der Waals surface area contributed by atoms with Gasteiger partial charge < -0.3 is 0 Å². The lowest BCUT2D eigenvalue weighted by Crippen LogP contribution is -2.30. The second kappa shape index (κ2) is 4.32. The van der Waals surface area contributed by atoms with Crippen LogP contribution < -0.4 is 10.7 Å². The highest BCUT2D eigenvalue weighted by Crippen LogP contribution is 2.32. The van der Waals surface area contributed by atoms with Gasteiger partial charge in [-0.1, -0.05) is 15.9 Å². The van der Waals surface area contributed by atoms with Crippen molar-refractivity contribution in [2.24, 2.45) is 5.84 Å². The lowest BCUT2D eigenvalue weighted by Gasteiger charge is -2.09. The lowest BCUT2D eigenvalue weighted by molar-refractivity contribution is -0.137. The van der Waals surface area contributed by atoms with Crippen LogP contribution in [-0.4, -0.2) is 8.42 Å². The zero-order valence-electron chi connectivity index (χ0n) is 7.55. The van der Waals surface area contributed by atoms with Crippen LogP contribution in [0, 0.1) is 0 Å². The highest BCUT2D eigenvalue weighted by Gasteiger charge is 2.32. The molecule has 9 heteroatoms. The molecule has 0 bridgehead atoms. The summed E-state index contributed by atoms with van der Waals surface area (Å²) < 4.78 is 59.5. The molecular weight excluding hydrogens is 313 g/mol. The molecule has 0 spiro atoms. The van der Waals surface area contributed by atoms with E-state index in [4.69, 9.17) is 5.84 Å². The number of hydrogen-bond acceptors (Lipinski definition) is 3. The lowest BCUT2D eigenvalue weighted by atomic mass is 10.2. The second-order valence-corrected chi connectivity index (χ2v) is 5.42. The molecule has 1 rings (SSSR count). The molecule has 0 heterocycles. The number of hydrazine groups is 1. The summed E-state index contributed by atoms with van der Waals surface area (Å²) >= 11 is 2.79. The first kappa shape index (κ1) is 13.4. The number of rotatable bonds is 2. The molecule has 16 heavy (non-hydrogen) atoms. The second-order valence-electron chi connectivity index (χ2n) is 2.79. The van der Waals surface area contributed by atoms with Crippen LogP contribution in [0.5, 0.6) is 0 Å². The van der Waals surface area contributed by atoms with Crippen molar-refractivity contribution in [1.29, 1.82) is 0 Å². The minimum atomic E-state index is -4.62. The van der Waals surface area contributed by atoms with Crippen molar-refractivity contribution in [2.45, 2.75) is 11.1 Å². The van der Waals surface area contributed by atoms with Gasteiger partial charge in [-0.15, -0.1) is 0 Å². The Hall–Kier alpha value is -0.640. The predicted molar refractivity (Wildman–Crippen MR) is 53.7 cm³/mol. The summed E-state index contributed by atoms with van der Waals surface area (Å²) in [7, 11) is -4.11. The van der Waals surface area contributed by atoms with Gasteiger partial charge in [0.1, 0.15) is 0 Å². The van der Waals surface area contributed by atoms with E-state index in [9.17, 15) is 21.6 Å². The number of benzene rings is 1. The molecule has 0 amide bonds. The van der Waals surface area contributed by atoms with E-state index in [0.717, 1.165) is 12.1 Å². The number of nitrogens with one attached hydrogen (secondary N) is 1. The number of sulfonamides is 1. The van der Waals surface area contributed by atoms with Gasteiger partial charge in [0, 0.05) is 4.47 Å². The van der Waals surface area contributed by atoms with Gasteiger partial charge in [-0.3, -0.25) is 5.84 Å². The average molecular weight is 319 g/mol. The Morgan fingerprint density at radius 3 is 2.25 bits per heavy atom. The third-order valence-electron chi connectivity index (χ3n) is 1.66. The maximum atomic E-state index is 12.4. The number of halogens is 4. The summed E-state index contributed by atoms with van der Waals surface area (Å²) in [5.74, 6) is 4.71. The van der Waals surface area contributed by atoms with E-state index in [1.165, 1.54) is 4.83 Å². The Kier molecular flexibility index (Phi) is 3.62. The molecule has 0 aliphatic rings. The molecule has 0 radical (unpaired) electrons. The van der Waals surface area contributed by atoms with Gasteiger partial charge in [-0.05, 0) is 18.2 Å². The molecule has 0 atom stereocenters. The van der Waals surface area contributed by atoms with Crippen LogP contribution in [0.15, 0.2) is 27.6 Å². The van der Waals surface area contributed by atoms with Crippen LogP contribution in [-0.2, 0) is 16.2 Å². The Balaban J connectivity index is 3.41. The molecule has 0 saturated heterocycles. The largest absolute Gasteiger partial charge is 0.416 e. The normalized spacial score (nSPS) is 12.8. The van der Waals surface area contributed by atoms with Gasteiger partial charge in [-0.25, -0.2) is 8.42 Å². The van der Waals surface area contributed by atoms with Crippen LogP contribution >= 0.6 is 15.9 Å². The van der Waals surface area contributed by atoms with Crippen molar-refractivity contribution in [2.75, 3.05) is 0 Å². The summed E-state index contributed by atoms with van der Waals surface area (Å²) in [5.41, 5.74) is -1.07. The van der Waals surface area contributed by atoms with Crippen LogP contribution in [0.3, 0.4) is 0 Å². The third kappa shape index (κ3) is 2.94. The van der Waals surface area contributed by atoms with E-state index in [0.29, 0.717) is 6.07 Å². The third-order valence-corrected chi connectivity index (χ3v) is 3.29. The van der Waals surface area contributed by atoms with E-state index in [2.05, 4.69) is 15.9 Å². The van der Waals surface area contributed by atoms with E-state index < -0.39 is 26.7 Å². The molecule has 0 aliphatic heterocycles. The average Bonchev–Trinajstić information content (AvgIpc) is 2.15. The summed E-state index contributed by atoms with van der Waals surface area (Å²) in [4.78, 5) is 0.889. The summed E-state index contributed by atoms with van der Waals surface area (Å²) in [5, 5.41) is 0. The molecule has 3 N–H and O–H groups in total. The van der Waals surface area contributed by atoms with Crippen molar-refractivity contribution in [3.8, 4) is 0 Å². The van der Waals surface area contributed by atoms with Crippen molar-refractivity contribution < 1.29 is 21.6 Å². The summed E-state index contributed by atoms with van der Waals surface area (Å²) in [6, 6.07) is 2.29. The zero-order valence-corrected chi connectivity index (χ0v) is 9.95. The minimum absolute atomic E-state index is 0.00356. The monoisotopic (exact) mass is 318 g/mol. The first-order valence-electron chi connectivity index (χ1n) is 3.77. The number of hydrogen-bond donors (Lipinski definition) is 2. The van der Waals surface area contributed by atoms with Gasteiger partial charge in [0.05, 0.1) is 10.5 Å². The predicted octanol–water partition coefficient (Wildman–Crippen LogP) is 1.62. The van der Waals surface area contributed by atoms with Gasteiger partial charge in [0.15, 0.2) is 0 Å². The smallest absolute Gasteiger partial charge is 0.257 e. The number of alkyl halides is 3. The van der Waals surface area contributed by atoms with Gasteiger partial charge in [0.2, 0.25) is 0 Å². The molecule has 0 aromatic heterocycles. The van der Waals surface area contributed by atoms with Gasteiger partial charge in [0.25, 0.3) is 10.0 Å². The van der Waals surface area contributed by atoms with E-state index in [1.807, 2.05) is 0 Å². The molecule has 0 saturated carbocycles. The fourth-order valence-electron chi connectivity index (χ4n) is 0.950. The Morgan fingerprint density at radius 1 is 1.25 bits per heavy atom. The first-order chi connectivity index (χ1) is 7.16. The fraction of sp³-hybridized carbons (Fsp3) is 0.143. The van der Waals surface area contributed by atoms with Crippen molar-refractivity contribution >= 4 is 26.0 Å². The highest BCUT2D eigenvalue weighted by atomic mass is 79.9. The molecule has 4 nitrogen and oxygen atoms in total. The Labute approximate surface area is 97.8 Å². The molecule has 1 aromatic carbocycles. The maximum Gasteiger partial charge on any atom is 0.416 e. The SMILES string of the molecule is NNS(=O)(=O)c1cc(Br)cc(C(F)(F)F)c1. The minimum Gasteiger partial charge on any atom is -0.257 e. The topological polar surface area (TPSA) is 72.2 Å². The van der Waals surface area contributed by atoms with E-state index >= 15 is 0 Å². The standard InChI is InChI=1S/C7H6BrF3N2O2S/c8-5-1-4(7(9,10)11)2-6(3-5)16(14,15)13-12/h1-3,13H,12H2. The van der Waals surface area contributed by atoms with Crippen LogP contribution in [0.1, 0.15) is 5.56 Å². The molecule has 0 aliphatic carbocycles. The van der Waals surface area contributed by atoms with Crippen molar-refractivity contribution in [3.05, 3.63) is 28.2 Å². The fourth-order valence-corrected chi connectivity index (χ4v) is 2.29. The molecule has 0 fully saturated rings. The maximum absolute atomic E-state index is 12.4. The van der Waals surface area contributed by atoms with Crippen molar-refractivity contribution in [3.63, 3.8) is 0 Å². The van der Waals surface area contributed by atoms with E-state index in [1.54, 1.807) is 0 Å². The van der Waals surface area contributed by atoms with Crippen LogP contribution in [0.4, 0.5) is 13.2 Å². The highest BCUT2D eigenvalue weighted by molar-refractivity contribution is 9.10. The molecule has 0 unspecified atom stereocenters. The van der Waals surface area contributed by atoms with Crippen molar-refractivity contribution in [1.82, 2.24) is 4.83 Å². The quantitative estimate of drug-likeness (QED) is 0.643. The summed E-state index contributed by atoms with van der Waals surface area (Å²) in [6.45, 7) is 0. The molecule has 1 aromatic rings. The zero-order chi connectivity index (χ0) is 12.6. The molecular formula is C7H6BrF3N2O2S.